The number of hydrogen-bond acceptors (Lipinski definition) is 3. The molecular formula is C16H20N2O3. The van der Waals surface area contributed by atoms with Crippen molar-refractivity contribution in [2.24, 2.45) is 0 Å². The van der Waals surface area contributed by atoms with Crippen LogP contribution in [-0.2, 0) is 9.53 Å². The lowest BCUT2D eigenvalue weighted by Gasteiger charge is -2.28. The largest absolute Gasteiger partial charge is 0.459 e. The van der Waals surface area contributed by atoms with Crippen LogP contribution in [0.3, 0.4) is 0 Å². The van der Waals surface area contributed by atoms with Gasteiger partial charge in [-0.25, -0.2) is 9.59 Å². The van der Waals surface area contributed by atoms with Gasteiger partial charge >= 0.3 is 12.0 Å². The summed E-state index contributed by atoms with van der Waals surface area (Å²) in [6, 6.07) is 8.57. The molecule has 2 atom stereocenters. The Morgan fingerprint density at radius 2 is 2.00 bits per heavy atom. The number of urea groups is 1. The molecule has 1 aliphatic rings. The number of nitrogens with one attached hydrogen (secondary N) is 2. The van der Waals surface area contributed by atoms with E-state index in [0.717, 1.165) is 12.0 Å². The van der Waals surface area contributed by atoms with Crippen LogP contribution in [0.2, 0.25) is 0 Å². The number of rotatable bonds is 4. The third-order valence-electron chi connectivity index (χ3n) is 3.51. The molecule has 2 N–H and O–H groups in total. The standard InChI is InChI=1S/C16H20N2O3/c1-4-10(2)21-15(19)13-11(3)17-16(20)18-14(13)12-8-6-5-7-9-12/h5-10,14H,4H2,1-3H3,(H2,17,18,20)/t10-,14-/m1/s1. The Labute approximate surface area is 124 Å². The first-order chi connectivity index (χ1) is 10.0. The van der Waals surface area contributed by atoms with E-state index >= 15 is 0 Å². The molecule has 5 nitrogen and oxygen atoms in total. The highest BCUT2D eigenvalue weighted by molar-refractivity contribution is 5.95. The van der Waals surface area contributed by atoms with Gasteiger partial charge in [-0.3, -0.25) is 0 Å². The number of carbonyl (C=O) groups is 2. The van der Waals surface area contributed by atoms with E-state index < -0.39 is 12.0 Å². The molecule has 0 fully saturated rings. The first-order valence-electron chi connectivity index (χ1n) is 7.07. The van der Waals surface area contributed by atoms with Gasteiger partial charge in [-0.1, -0.05) is 37.3 Å². The quantitative estimate of drug-likeness (QED) is 0.837. The van der Waals surface area contributed by atoms with Crippen molar-refractivity contribution < 1.29 is 14.3 Å². The molecule has 112 valence electrons. The highest BCUT2D eigenvalue weighted by Crippen LogP contribution is 2.27. The molecule has 0 aromatic heterocycles. The molecule has 21 heavy (non-hydrogen) atoms. The second kappa shape index (κ2) is 6.43. The normalized spacial score (nSPS) is 19.6. The van der Waals surface area contributed by atoms with Gasteiger partial charge in [0.15, 0.2) is 0 Å². The summed E-state index contributed by atoms with van der Waals surface area (Å²) in [4.78, 5) is 24.1. The van der Waals surface area contributed by atoms with Gasteiger partial charge in [-0.2, -0.15) is 0 Å². The van der Waals surface area contributed by atoms with Gasteiger partial charge in [-0.05, 0) is 25.8 Å². The predicted octanol–water partition coefficient (Wildman–Crippen LogP) is 2.66. The van der Waals surface area contributed by atoms with Crippen molar-refractivity contribution in [2.45, 2.75) is 39.3 Å². The Balaban J connectivity index is 2.35. The summed E-state index contributed by atoms with van der Waals surface area (Å²) in [5.41, 5.74) is 1.82. The molecule has 0 aliphatic carbocycles. The molecule has 0 bridgehead atoms. The lowest BCUT2D eigenvalue weighted by Crippen LogP contribution is -2.45. The molecular weight excluding hydrogens is 268 g/mol. The maximum Gasteiger partial charge on any atom is 0.338 e. The molecule has 1 aromatic carbocycles. The summed E-state index contributed by atoms with van der Waals surface area (Å²) in [5, 5.41) is 5.41. The van der Waals surface area contributed by atoms with Gasteiger partial charge in [0.2, 0.25) is 0 Å². The summed E-state index contributed by atoms with van der Waals surface area (Å²) in [6.07, 6.45) is 0.584. The molecule has 2 amide bonds. The fourth-order valence-corrected chi connectivity index (χ4v) is 2.19. The number of hydrogen-bond donors (Lipinski definition) is 2. The minimum atomic E-state index is -0.489. The van der Waals surface area contributed by atoms with Crippen molar-refractivity contribution in [3.8, 4) is 0 Å². The molecule has 0 radical (unpaired) electrons. The first kappa shape index (κ1) is 15.1. The van der Waals surface area contributed by atoms with E-state index in [1.807, 2.05) is 44.2 Å². The topological polar surface area (TPSA) is 67.4 Å². The van der Waals surface area contributed by atoms with Crippen LogP contribution < -0.4 is 10.6 Å². The molecule has 1 aliphatic heterocycles. The second-order valence-corrected chi connectivity index (χ2v) is 5.11. The maximum absolute atomic E-state index is 12.4. The molecule has 0 saturated carbocycles. The molecule has 1 heterocycles. The Morgan fingerprint density at radius 1 is 1.33 bits per heavy atom. The molecule has 2 rings (SSSR count). The van der Waals surface area contributed by atoms with Gasteiger partial charge < -0.3 is 15.4 Å². The molecule has 0 spiro atoms. The van der Waals surface area contributed by atoms with E-state index in [-0.39, 0.29) is 12.1 Å². The smallest absolute Gasteiger partial charge is 0.338 e. The van der Waals surface area contributed by atoms with Crippen LogP contribution in [0.4, 0.5) is 4.79 Å². The van der Waals surface area contributed by atoms with Crippen LogP contribution in [-0.4, -0.2) is 18.1 Å². The zero-order valence-electron chi connectivity index (χ0n) is 12.5. The van der Waals surface area contributed by atoms with Crippen molar-refractivity contribution >= 4 is 12.0 Å². The van der Waals surface area contributed by atoms with E-state index in [0.29, 0.717) is 11.3 Å². The number of benzene rings is 1. The predicted molar refractivity (Wildman–Crippen MR) is 79.4 cm³/mol. The summed E-state index contributed by atoms with van der Waals surface area (Å²) in [6.45, 7) is 5.51. The van der Waals surface area contributed by atoms with Gasteiger partial charge in [0.05, 0.1) is 17.7 Å². The number of esters is 1. The third-order valence-corrected chi connectivity index (χ3v) is 3.51. The number of amides is 2. The highest BCUT2D eigenvalue weighted by atomic mass is 16.5. The van der Waals surface area contributed by atoms with Crippen LogP contribution in [0.5, 0.6) is 0 Å². The molecule has 0 saturated heterocycles. The molecule has 0 unspecified atom stereocenters. The first-order valence-corrected chi connectivity index (χ1v) is 7.07. The van der Waals surface area contributed by atoms with Crippen molar-refractivity contribution in [3.05, 3.63) is 47.2 Å². The third kappa shape index (κ3) is 3.42. The van der Waals surface area contributed by atoms with Gasteiger partial charge in [0.1, 0.15) is 0 Å². The molecule has 5 heteroatoms. The average Bonchev–Trinajstić information content (AvgIpc) is 2.47. The van der Waals surface area contributed by atoms with Crippen LogP contribution in [0, 0.1) is 0 Å². The van der Waals surface area contributed by atoms with Crippen LogP contribution in [0.15, 0.2) is 41.6 Å². The maximum atomic E-state index is 12.4. The number of allylic oxidation sites excluding steroid dienone is 1. The Kier molecular flexibility index (Phi) is 4.62. The lowest BCUT2D eigenvalue weighted by molar-refractivity contribution is -0.144. The van der Waals surface area contributed by atoms with Crippen LogP contribution >= 0.6 is 0 Å². The van der Waals surface area contributed by atoms with Gasteiger partial charge in [0, 0.05) is 5.70 Å². The summed E-state index contributed by atoms with van der Waals surface area (Å²) in [5.74, 6) is -0.400. The zero-order chi connectivity index (χ0) is 15.4. The monoisotopic (exact) mass is 288 g/mol. The minimum absolute atomic E-state index is 0.160. The lowest BCUT2D eigenvalue weighted by atomic mass is 9.95. The number of ether oxygens (including phenoxy) is 1. The van der Waals surface area contributed by atoms with Crippen molar-refractivity contribution in [2.75, 3.05) is 0 Å². The Bertz CT molecular complexity index is 566. The van der Waals surface area contributed by atoms with E-state index in [1.54, 1.807) is 6.92 Å². The molecule has 1 aromatic rings. The Morgan fingerprint density at radius 3 is 2.62 bits per heavy atom. The SMILES string of the molecule is CC[C@@H](C)OC(=O)C1=C(C)NC(=O)N[C@@H]1c1ccccc1. The minimum Gasteiger partial charge on any atom is -0.459 e. The Hall–Kier alpha value is -2.30. The average molecular weight is 288 g/mol. The summed E-state index contributed by atoms with van der Waals surface area (Å²) in [7, 11) is 0. The van der Waals surface area contributed by atoms with E-state index in [4.69, 9.17) is 4.74 Å². The summed E-state index contributed by atoms with van der Waals surface area (Å²) >= 11 is 0. The van der Waals surface area contributed by atoms with Gasteiger partial charge in [-0.15, -0.1) is 0 Å². The number of carbonyl (C=O) groups excluding carboxylic acids is 2. The van der Waals surface area contributed by atoms with Crippen molar-refractivity contribution in [1.29, 1.82) is 0 Å². The second-order valence-electron chi connectivity index (χ2n) is 5.11. The van der Waals surface area contributed by atoms with Crippen LogP contribution in [0.25, 0.3) is 0 Å². The van der Waals surface area contributed by atoms with E-state index in [2.05, 4.69) is 10.6 Å². The van der Waals surface area contributed by atoms with Gasteiger partial charge in [0.25, 0.3) is 0 Å². The fourth-order valence-electron chi connectivity index (χ4n) is 2.19. The van der Waals surface area contributed by atoms with Crippen molar-refractivity contribution in [1.82, 2.24) is 10.6 Å². The summed E-state index contributed by atoms with van der Waals surface area (Å²) < 4.78 is 5.41. The highest BCUT2D eigenvalue weighted by Gasteiger charge is 2.32. The van der Waals surface area contributed by atoms with Crippen LogP contribution in [0.1, 0.15) is 38.8 Å². The fraction of sp³-hybridized carbons (Fsp3) is 0.375. The van der Waals surface area contributed by atoms with E-state index in [9.17, 15) is 9.59 Å². The van der Waals surface area contributed by atoms with Crippen molar-refractivity contribution in [3.63, 3.8) is 0 Å². The van der Waals surface area contributed by atoms with E-state index in [1.165, 1.54) is 0 Å². The zero-order valence-corrected chi connectivity index (χ0v) is 12.5.